The molecular formula is C8H17O. The summed E-state index contributed by atoms with van der Waals surface area (Å²) >= 11 is 0. The first-order valence-electron chi connectivity index (χ1n) is 3.67. The zero-order valence-corrected chi connectivity index (χ0v) is 6.52. The summed E-state index contributed by atoms with van der Waals surface area (Å²) in [5.74, 6) is 0. The lowest BCUT2D eigenvalue weighted by Gasteiger charge is -2.11. The van der Waals surface area contributed by atoms with Crippen LogP contribution in [0.15, 0.2) is 0 Å². The number of rotatable bonds is 5. The first-order chi connectivity index (χ1) is 4.35. The van der Waals surface area contributed by atoms with E-state index in [1.807, 2.05) is 0 Å². The predicted octanol–water partition coefficient (Wildman–Crippen LogP) is 2.42. The molecule has 0 aliphatic heterocycles. The molecule has 1 unspecified atom stereocenters. The van der Waals surface area contributed by atoms with E-state index < -0.39 is 0 Å². The molecule has 0 fully saturated rings. The summed E-state index contributed by atoms with van der Waals surface area (Å²) in [4.78, 5) is 0. The van der Waals surface area contributed by atoms with Gasteiger partial charge < -0.3 is 4.74 Å². The van der Waals surface area contributed by atoms with Crippen molar-refractivity contribution in [1.82, 2.24) is 0 Å². The molecule has 0 aromatic heterocycles. The van der Waals surface area contributed by atoms with Gasteiger partial charge in [-0.3, -0.25) is 0 Å². The molecule has 0 N–H and O–H groups in total. The van der Waals surface area contributed by atoms with E-state index in [0.717, 1.165) is 12.8 Å². The van der Waals surface area contributed by atoms with Crippen LogP contribution >= 0.6 is 0 Å². The van der Waals surface area contributed by atoms with Crippen LogP contribution in [0.5, 0.6) is 0 Å². The monoisotopic (exact) mass is 129 g/mol. The van der Waals surface area contributed by atoms with E-state index in [-0.39, 0.29) is 0 Å². The number of ether oxygens (including phenoxy) is 1. The third kappa shape index (κ3) is 4.46. The summed E-state index contributed by atoms with van der Waals surface area (Å²) in [5.41, 5.74) is 0. The first kappa shape index (κ1) is 8.96. The van der Waals surface area contributed by atoms with Gasteiger partial charge in [-0.05, 0) is 12.8 Å². The van der Waals surface area contributed by atoms with Crippen molar-refractivity contribution >= 4 is 0 Å². The van der Waals surface area contributed by atoms with Crippen molar-refractivity contribution < 1.29 is 4.74 Å². The van der Waals surface area contributed by atoms with Crippen LogP contribution in [0.25, 0.3) is 0 Å². The Hall–Kier alpha value is -0.0400. The van der Waals surface area contributed by atoms with Gasteiger partial charge in [-0.15, -0.1) is 0 Å². The van der Waals surface area contributed by atoms with Crippen LogP contribution in [0.1, 0.15) is 32.6 Å². The molecule has 0 aromatic rings. The molecule has 0 bridgehead atoms. The van der Waals surface area contributed by atoms with Crippen molar-refractivity contribution in [3.8, 4) is 0 Å². The summed E-state index contributed by atoms with van der Waals surface area (Å²) in [6, 6.07) is 0. The van der Waals surface area contributed by atoms with E-state index in [4.69, 9.17) is 4.74 Å². The molecule has 0 heterocycles. The summed E-state index contributed by atoms with van der Waals surface area (Å²) in [5, 5.41) is 0. The maximum atomic E-state index is 5.19. The van der Waals surface area contributed by atoms with E-state index >= 15 is 0 Å². The fourth-order valence-corrected chi connectivity index (χ4v) is 0.930. The summed E-state index contributed by atoms with van der Waals surface area (Å²) in [7, 11) is 1.77. The van der Waals surface area contributed by atoms with Crippen molar-refractivity contribution in [3.05, 3.63) is 6.92 Å². The minimum atomic E-state index is 0.451. The molecule has 1 atom stereocenters. The third-order valence-electron chi connectivity index (χ3n) is 1.47. The van der Waals surface area contributed by atoms with Crippen molar-refractivity contribution in [2.24, 2.45) is 0 Å². The number of hydrogen-bond acceptors (Lipinski definition) is 1. The van der Waals surface area contributed by atoms with Gasteiger partial charge in [0.05, 0.1) is 6.10 Å². The maximum absolute atomic E-state index is 5.19. The third-order valence-corrected chi connectivity index (χ3v) is 1.47. The molecule has 0 saturated heterocycles. The Morgan fingerprint density at radius 3 is 2.44 bits per heavy atom. The summed E-state index contributed by atoms with van der Waals surface area (Å²) < 4.78 is 5.19. The van der Waals surface area contributed by atoms with Crippen molar-refractivity contribution in [3.63, 3.8) is 0 Å². The minimum Gasteiger partial charge on any atom is -0.381 e. The number of methoxy groups -OCH3 is 1. The van der Waals surface area contributed by atoms with Gasteiger partial charge in [-0.1, -0.05) is 26.7 Å². The molecule has 0 aliphatic rings. The number of hydrogen-bond donors (Lipinski definition) is 0. The molecule has 0 aliphatic carbocycles. The van der Waals surface area contributed by atoms with Gasteiger partial charge in [0.1, 0.15) is 0 Å². The molecule has 1 heteroatoms. The van der Waals surface area contributed by atoms with Crippen molar-refractivity contribution in [1.29, 1.82) is 0 Å². The lowest BCUT2D eigenvalue weighted by molar-refractivity contribution is 0.0881. The van der Waals surface area contributed by atoms with Gasteiger partial charge in [-0.2, -0.15) is 0 Å². The van der Waals surface area contributed by atoms with E-state index in [9.17, 15) is 0 Å². The average molecular weight is 129 g/mol. The van der Waals surface area contributed by atoms with Crippen molar-refractivity contribution in [2.75, 3.05) is 7.11 Å². The van der Waals surface area contributed by atoms with Gasteiger partial charge in [0, 0.05) is 7.11 Å². The molecule has 1 nitrogen and oxygen atoms in total. The predicted molar refractivity (Wildman–Crippen MR) is 40.3 cm³/mol. The van der Waals surface area contributed by atoms with Crippen LogP contribution in [0.3, 0.4) is 0 Å². The highest BCUT2D eigenvalue weighted by Crippen LogP contribution is 2.06. The second-order valence-electron chi connectivity index (χ2n) is 2.29. The zero-order valence-electron chi connectivity index (χ0n) is 6.52. The molecule has 0 saturated carbocycles. The topological polar surface area (TPSA) is 9.23 Å². The Labute approximate surface area is 58.4 Å². The van der Waals surface area contributed by atoms with E-state index in [1.165, 1.54) is 12.8 Å². The van der Waals surface area contributed by atoms with Crippen LogP contribution in [0.4, 0.5) is 0 Å². The summed E-state index contributed by atoms with van der Waals surface area (Å²) in [6.07, 6.45) is 4.92. The van der Waals surface area contributed by atoms with E-state index in [1.54, 1.807) is 7.11 Å². The van der Waals surface area contributed by atoms with Gasteiger partial charge in [-0.25, -0.2) is 0 Å². The fraction of sp³-hybridized carbons (Fsp3) is 0.875. The molecule has 0 aromatic carbocycles. The molecule has 9 heavy (non-hydrogen) atoms. The Kier molecular flexibility index (Phi) is 6.06. The second-order valence-corrected chi connectivity index (χ2v) is 2.29. The smallest absolute Gasteiger partial charge is 0.0571 e. The Morgan fingerprint density at radius 2 is 2.11 bits per heavy atom. The standard InChI is InChI=1S/C8H17O/c1-4-6-8(9-3)7-5-2/h8H,1,4-7H2,2-3H3. The van der Waals surface area contributed by atoms with Crippen molar-refractivity contribution in [2.45, 2.75) is 38.7 Å². The Morgan fingerprint density at radius 1 is 1.44 bits per heavy atom. The minimum absolute atomic E-state index is 0.451. The van der Waals surface area contributed by atoms with Crippen LogP contribution in [-0.2, 0) is 4.74 Å². The molecular weight excluding hydrogens is 112 g/mol. The van der Waals surface area contributed by atoms with Crippen LogP contribution in [0, 0.1) is 6.92 Å². The normalized spacial score (nSPS) is 10.7. The molecule has 0 rings (SSSR count). The quantitative estimate of drug-likeness (QED) is 0.554. The lowest BCUT2D eigenvalue weighted by atomic mass is 10.1. The zero-order chi connectivity index (χ0) is 7.11. The maximum Gasteiger partial charge on any atom is 0.0571 e. The fourth-order valence-electron chi connectivity index (χ4n) is 0.930. The highest BCUT2D eigenvalue weighted by atomic mass is 16.5. The molecule has 0 amide bonds. The summed E-state index contributed by atoms with van der Waals surface area (Å²) in [6.45, 7) is 5.95. The van der Waals surface area contributed by atoms with Crippen LogP contribution < -0.4 is 0 Å². The van der Waals surface area contributed by atoms with Crippen LogP contribution in [0.2, 0.25) is 0 Å². The SMILES string of the molecule is [CH2]CCC(CCC)OC. The molecule has 0 spiro atoms. The highest BCUT2D eigenvalue weighted by molar-refractivity contribution is 4.56. The van der Waals surface area contributed by atoms with E-state index in [2.05, 4.69) is 13.8 Å². The Bertz CT molecular complexity index is 46.5. The molecule has 1 radical (unpaired) electrons. The van der Waals surface area contributed by atoms with Gasteiger partial charge >= 0.3 is 0 Å². The van der Waals surface area contributed by atoms with Gasteiger partial charge in [0.2, 0.25) is 0 Å². The average Bonchev–Trinajstić information content (AvgIpc) is 1.88. The molecule has 55 valence electrons. The second kappa shape index (κ2) is 6.09. The van der Waals surface area contributed by atoms with E-state index in [0.29, 0.717) is 6.10 Å². The largest absolute Gasteiger partial charge is 0.381 e. The van der Waals surface area contributed by atoms with Gasteiger partial charge in [0.25, 0.3) is 0 Å². The Balaban J connectivity index is 3.18. The van der Waals surface area contributed by atoms with Crippen LogP contribution in [-0.4, -0.2) is 13.2 Å². The van der Waals surface area contributed by atoms with Gasteiger partial charge in [0.15, 0.2) is 0 Å². The highest BCUT2D eigenvalue weighted by Gasteiger charge is 2.02. The lowest BCUT2D eigenvalue weighted by Crippen LogP contribution is -2.08. The first-order valence-corrected chi connectivity index (χ1v) is 3.67.